The fourth-order valence-corrected chi connectivity index (χ4v) is 3.12. The van der Waals surface area contributed by atoms with E-state index in [0.29, 0.717) is 10.0 Å². The quantitative estimate of drug-likeness (QED) is 0.406. The van der Waals surface area contributed by atoms with E-state index in [1.54, 1.807) is 5.38 Å². The molecular formula is C12H7Cl2N2NaO3S2. The molecule has 0 atom stereocenters. The minimum absolute atomic E-state index is 0. The Balaban J connectivity index is 0.00000242. The second-order valence-corrected chi connectivity index (χ2v) is 6.96. The standard InChI is InChI=1S/C12H8Cl2N2O3S2.Na/c13-8-1-2-9(10(14)7-8)12(17)16-21(18,19)6-3-11-15-4-5-20-11;/h1-7H,(H,16,17);/q;+1/p-1/b6-3+;. The van der Waals surface area contributed by atoms with Crippen LogP contribution in [-0.4, -0.2) is 19.3 Å². The summed E-state index contributed by atoms with van der Waals surface area (Å²) in [6.07, 6.45) is 2.80. The summed E-state index contributed by atoms with van der Waals surface area (Å²) < 4.78 is 26.6. The Morgan fingerprint density at radius 3 is 2.68 bits per heavy atom. The summed E-state index contributed by atoms with van der Waals surface area (Å²) in [5.74, 6) is -0.958. The molecule has 0 bridgehead atoms. The predicted molar refractivity (Wildman–Crippen MR) is 83.1 cm³/mol. The molecule has 0 aliphatic rings. The van der Waals surface area contributed by atoms with Gasteiger partial charge in [-0.05, 0) is 18.2 Å². The van der Waals surface area contributed by atoms with E-state index >= 15 is 0 Å². The summed E-state index contributed by atoms with van der Waals surface area (Å²) in [7, 11) is -4.06. The van der Waals surface area contributed by atoms with Gasteiger partial charge in [-0.1, -0.05) is 29.3 Å². The first-order valence-electron chi connectivity index (χ1n) is 5.42. The van der Waals surface area contributed by atoms with Crippen LogP contribution in [0.4, 0.5) is 0 Å². The number of sulfonamides is 1. The topological polar surface area (TPSA) is 82.5 Å². The number of hydrogen-bond acceptors (Lipinski definition) is 5. The number of benzene rings is 1. The van der Waals surface area contributed by atoms with E-state index in [2.05, 4.69) is 9.38 Å². The van der Waals surface area contributed by atoms with Crippen LogP contribution in [0.1, 0.15) is 10.6 Å². The van der Waals surface area contributed by atoms with Crippen LogP contribution in [-0.2, 0) is 10.0 Å². The number of rotatable bonds is 4. The van der Waals surface area contributed by atoms with Crippen molar-refractivity contribution in [2.45, 2.75) is 0 Å². The molecule has 22 heavy (non-hydrogen) atoms. The fraction of sp³-hybridized carbons (Fsp3) is 0. The molecule has 1 aromatic heterocycles. The molecule has 0 aliphatic carbocycles. The van der Waals surface area contributed by atoms with E-state index in [1.807, 2.05) is 0 Å². The van der Waals surface area contributed by atoms with E-state index in [1.165, 1.54) is 41.8 Å². The van der Waals surface area contributed by atoms with E-state index < -0.39 is 15.9 Å². The van der Waals surface area contributed by atoms with E-state index in [4.69, 9.17) is 23.2 Å². The third kappa shape index (κ3) is 5.66. The van der Waals surface area contributed by atoms with Crippen molar-refractivity contribution in [3.63, 3.8) is 0 Å². The molecule has 0 spiro atoms. The van der Waals surface area contributed by atoms with Crippen molar-refractivity contribution in [2.75, 3.05) is 0 Å². The Morgan fingerprint density at radius 1 is 1.36 bits per heavy atom. The molecule has 0 unspecified atom stereocenters. The third-order valence-electron chi connectivity index (χ3n) is 2.21. The maximum absolute atomic E-state index is 11.8. The number of nitrogens with zero attached hydrogens (tertiary/aromatic N) is 2. The van der Waals surface area contributed by atoms with Gasteiger partial charge in [-0.2, -0.15) is 12.8 Å². The number of hydrogen-bond donors (Lipinski definition) is 0. The molecule has 0 N–H and O–H groups in total. The van der Waals surface area contributed by atoms with Gasteiger partial charge in [0.2, 0.25) is 0 Å². The molecule has 0 fully saturated rings. The molecule has 2 rings (SSSR count). The van der Waals surface area contributed by atoms with Gasteiger partial charge in [0.05, 0.1) is 10.4 Å². The van der Waals surface area contributed by atoms with Crippen molar-refractivity contribution in [2.24, 2.45) is 4.40 Å². The summed E-state index contributed by atoms with van der Waals surface area (Å²) in [6, 6.07) is 4.08. The number of aromatic nitrogens is 1. The zero-order chi connectivity index (χ0) is 15.5. The van der Waals surface area contributed by atoms with Crippen molar-refractivity contribution in [1.82, 2.24) is 4.98 Å². The average molecular weight is 385 g/mol. The Bertz CT molecular complexity index is 806. The van der Waals surface area contributed by atoms with Crippen molar-refractivity contribution < 1.29 is 43.1 Å². The zero-order valence-electron chi connectivity index (χ0n) is 11.2. The molecule has 1 heterocycles. The van der Waals surface area contributed by atoms with Crippen molar-refractivity contribution in [3.05, 3.63) is 55.8 Å². The first-order valence-corrected chi connectivity index (χ1v) is 8.56. The van der Waals surface area contributed by atoms with Gasteiger partial charge in [0.1, 0.15) is 5.01 Å². The van der Waals surface area contributed by atoms with Crippen LogP contribution in [0.3, 0.4) is 0 Å². The van der Waals surface area contributed by atoms with Gasteiger partial charge in [-0.25, -0.2) is 4.98 Å². The summed E-state index contributed by atoms with van der Waals surface area (Å²) in [4.78, 5) is 3.89. The molecule has 0 saturated heterocycles. The van der Waals surface area contributed by atoms with Gasteiger partial charge < -0.3 is 5.11 Å². The Labute approximate surface area is 163 Å². The minimum Gasteiger partial charge on any atom is -0.858 e. The molecule has 1 aromatic carbocycles. The molecule has 2 aromatic rings. The molecule has 0 amide bonds. The van der Waals surface area contributed by atoms with Crippen molar-refractivity contribution >= 4 is 56.5 Å². The van der Waals surface area contributed by atoms with E-state index in [9.17, 15) is 13.5 Å². The van der Waals surface area contributed by atoms with Crippen LogP contribution in [0.25, 0.3) is 6.08 Å². The first kappa shape index (κ1) is 19.6. The molecule has 0 radical (unpaired) electrons. The normalized spacial score (nSPS) is 12.4. The van der Waals surface area contributed by atoms with Crippen LogP contribution in [0.5, 0.6) is 0 Å². The van der Waals surface area contributed by atoms with Crippen molar-refractivity contribution in [3.8, 4) is 0 Å². The first-order chi connectivity index (χ1) is 9.87. The largest absolute Gasteiger partial charge is 1.00 e. The van der Waals surface area contributed by atoms with Crippen LogP contribution < -0.4 is 34.7 Å². The molecule has 0 saturated carbocycles. The average Bonchev–Trinajstić information content (AvgIpc) is 2.88. The minimum atomic E-state index is -4.06. The molecule has 110 valence electrons. The summed E-state index contributed by atoms with van der Waals surface area (Å²) >= 11 is 12.8. The van der Waals surface area contributed by atoms with Crippen LogP contribution >= 0.6 is 34.5 Å². The molecule has 0 aliphatic heterocycles. The van der Waals surface area contributed by atoms with Crippen molar-refractivity contribution in [1.29, 1.82) is 0 Å². The summed E-state index contributed by atoms with van der Waals surface area (Å²) in [5.41, 5.74) is -0.0349. The van der Waals surface area contributed by atoms with Gasteiger partial charge in [0.25, 0.3) is 10.0 Å². The second kappa shape index (κ2) is 8.44. The van der Waals surface area contributed by atoms with Gasteiger partial charge in [-0.15, -0.1) is 11.3 Å². The second-order valence-electron chi connectivity index (χ2n) is 3.71. The Hall–Kier alpha value is -0.410. The van der Waals surface area contributed by atoms with Gasteiger partial charge >= 0.3 is 29.6 Å². The third-order valence-corrected chi connectivity index (χ3v) is 4.39. The maximum atomic E-state index is 11.8. The predicted octanol–water partition coefficient (Wildman–Crippen LogP) is -0.438. The fourth-order valence-electron chi connectivity index (χ4n) is 1.32. The van der Waals surface area contributed by atoms with Crippen LogP contribution in [0.15, 0.2) is 39.6 Å². The number of thiazole rings is 1. The van der Waals surface area contributed by atoms with E-state index in [0.717, 1.165) is 5.41 Å². The Morgan fingerprint density at radius 2 is 2.09 bits per heavy atom. The number of halogens is 2. The maximum Gasteiger partial charge on any atom is 1.00 e. The summed E-state index contributed by atoms with van der Waals surface area (Å²) in [5, 5.41) is 15.2. The Kier molecular flexibility index (Phi) is 7.54. The SMILES string of the molecule is O=S(=O)(/C=C/c1nccs1)/N=C(\[O-])c1ccc(Cl)cc1Cl.[Na+]. The summed E-state index contributed by atoms with van der Waals surface area (Å²) in [6.45, 7) is 0. The van der Waals surface area contributed by atoms with Crippen LogP contribution in [0.2, 0.25) is 10.0 Å². The van der Waals surface area contributed by atoms with E-state index in [-0.39, 0.29) is 40.1 Å². The van der Waals surface area contributed by atoms with Gasteiger partial charge in [0, 0.05) is 28.1 Å². The molecule has 10 heteroatoms. The zero-order valence-corrected chi connectivity index (χ0v) is 16.4. The van der Waals surface area contributed by atoms with Gasteiger partial charge in [0.15, 0.2) is 0 Å². The monoisotopic (exact) mass is 384 g/mol. The van der Waals surface area contributed by atoms with Crippen LogP contribution in [0, 0.1) is 0 Å². The molecule has 5 nitrogen and oxygen atoms in total. The molecular weight excluding hydrogens is 378 g/mol. The smallest absolute Gasteiger partial charge is 0.858 e. The van der Waals surface area contributed by atoms with Gasteiger partial charge in [-0.3, -0.25) is 0 Å².